The molecule has 1 aromatic carbocycles. The van der Waals surface area contributed by atoms with Gasteiger partial charge >= 0.3 is 0 Å². The van der Waals surface area contributed by atoms with Crippen molar-refractivity contribution in [3.05, 3.63) is 46.6 Å². The highest BCUT2D eigenvalue weighted by Gasteiger charge is 2.30. The Kier molecular flexibility index (Phi) is 3.64. The molecule has 1 aromatic heterocycles. The van der Waals surface area contributed by atoms with E-state index in [2.05, 4.69) is 31.0 Å². The molecule has 0 aliphatic carbocycles. The molecule has 2 heterocycles. The first kappa shape index (κ1) is 13.1. The number of rotatable bonds is 4. The average molecular weight is 334 g/mol. The molecule has 5 nitrogen and oxygen atoms in total. The summed E-state index contributed by atoms with van der Waals surface area (Å²) < 4.78 is 6.84. The van der Waals surface area contributed by atoms with Gasteiger partial charge in [0.05, 0.1) is 17.6 Å². The molecule has 0 amide bonds. The van der Waals surface area contributed by atoms with Gasteiger partial charge in [0.15, 0.2) is 12.1 Å². The van der Waals surface area contributed by atoms with E-state index < -0.39 is 0 Å². The van der Waals surface area contributed by atoms with Gasteiger partial charge in [0, 0.05) is 0 Å². The van der Waals surface area contributed by atoms with Crippen LogP contribution in [0.4, 0.5) is 5.82 Å². The number of halogens is 1. The second-order valence-corrected chi connectivity index (χ2v) is 5.36. The minimum absolute atomic E-state index is 0.140. The largest absolute Gasteiger partial charge is 0.486 e. The summed E-state index contributed by atoms with van der Waals surface area (Å²) >= 11 is 3.46. The van der Waals surface area contributed by atoms with Gasteiger partial charge in [-0.2, -0.15) is 0 Å². The number of ether oxygens (including phenoxy) is 1. The van der Waals surface area contributed by atoms with Crippen LogP contribution in [-0.2, 0) is 0 Å². The van der Waals surface area contributed by atoms with Gasteiger partial charge in [-0.05, 0) is 40.2 Å². The molecular formula is C14H12BrN3O2. The molecule has 0 unspecified atom stereocenters. The number of carbonyl (C=O) groups is 1. The standard InChI is InChI=1S/C14H12BrN3O2/c15-12-3-1-2-4-13(12)20-11-7-18(8-11)14-6-5-10(9-19)16-17-14/h1-6,9,11H,7-8H2. The monoisotopic (exact) mass is 333 g/mol. The van der Waals surface area contributed by atoms with Crippen LogP contribution in [0.3, 0.4) is 0 Å². The summed E-state index contributed by atoms with van der Waals surface area (Å²) in [5, 5.41) is 7.83. The Hall–Kier alpha value is -1.95. The van der Waals surface area contributed by atoms with E-state index in [-0.39, 0.29) is 6.10 Å². The summed E-state index contributed by atoms with van der Waals surface area (Å²) in [6.07, 6.45) is 0.826. The van der Waals surface area contributed by atoms with Crippen LogP contribution in [0.5, 0.6) is 5.75 Å². The van der Waals surface area contributed by atoms with Crippen LogP contribution in [0.25, 0.3) is 0 Å². The maximum atomic E-state index is 10.5. The van der Waals surface area contributed by atoms with E-state index in [4.69, 9.17) is 4.74 Å². The Morgan fingerprint density at radius 3 is 2.65 bits per heavy atom. The third kappa shape index (κ3) is 2.65. The lowest BCUT2D eigenvalue weighted by Gasteiger charge is -2.39. The quantitative estimate of drug-likeness (QED) is 0.803. The van der Waals surface area contributed by atoms with E-state index in [0.717, 1.165) is 29.1 Å². The van der Waals surface area contributed by atoms with Gasteiger partial charge < -0.3 is 9.64 Å². The van der Waals surface area contributed by atoms with Crippen molar-refractivity contribution in [1.29, 1.82) is 0 Å². The van der Waals surface area contributed by atoms with E-state index in [1.54, 1.807) is 12.1 Å². The highest BCUT2D eigenvalue weighted by molar-refractivity contribution is 9.10. The van der Waals surface area contributed by atoms with E-state index in [9.17, 15) is 4.79 Å². The van der Waals surface area contributed by atoms with Gasteiger partial charge in [-0.3, -0.25) is 4.79 Å². The molecule has 1 saturated heterocycles. The summed E-state index contributed by atoms with van der Waals surface area (Å²) in [6, 6.07) is 11.2. The highest BCUT2D eigenvalue weighted by atomic mass is 79.9. The van der Waals surface area contributed by atoms with Crippen LogP contribution < -0.4 is 9.64 Å². The highest BCUT2D eigenvalue weighted by Crippen LogP contribution is 2.28. The predicted molar refractivity (Wildman–Crippen MR) is 78.2 cm³/mol. The number of hydrogen-bond donors (Lipinski definition) is 0. The summed E-state index contributed by atoms with van der Waals surface area (Å²) in [5.41, 5.74) is 0.343. The molecule has 2 aromatic rings. The molecule has 0 saturated carbocycles. The van der Waals surface area contributed by atoms with Crippen LogP contribution >= 0.6 is 15.9 Å². The van der Waals surface area contributed by atoms with E-state index in [1.165, 1.54) is 0 Å². The zero-order valence-electron chi connectivity index (χ0n) is 10.6. The number of nitrogens with zero attached hydrogens (tertiary/aromatic N) is 3. The fraction of sp³-hybridized carbons (Fsp3) is 0.214. The molecule has 0 spiro atoms. The molecule has 1 aliphatic heterocycles. The summed E-state index contributed by atoms with van der Waals surface area (Å²) in [4.78, 5) is 12.6. The zero-order valence-corrected chi connectivity index (χ0v) is 12.2. The number of hydrogen-bond acceptors (Lipinski definition) is 5. The van der Waals surface area contributed by atoms with E-state index >= 15 is 0 Å². The normalized spacial score (nSPS) is 14.8. The fourth-order valence-electron chi connectivity index (χ4n) is 1.99. The Labute approximate surface area is 124 Å². The molecule has 1 aliphatic rings. The number of carbonyl (C=O) groups excluding carboxylic acids is 1. The lowest BCUT2D eigenvalue weighted by molar-refractivity contribution is 0.111. The minimum Gasteiger partial charge on any atom is -0.486 e. The van der Waals surface area contributed by atoms with Gasteiger partial charge in [0.25, 0.3) is 0 Å². The van der Waals surface area contributed by atoms with Gasteiger partial charge in [0.2, 0.25) is 0 Å². The van der Waals surface area contributed by atoms with Crippen molar-refractivity contribution in [2.75, 3.05) is 18.0 Å². The number of para-hydroxylation sites is 1. The molecule has 20 heavy (non-hydrogen) atoms. The van der Waals surface area contributed by atoms with Gasteiger partial charge in [-0.15, -0.1) is 10.2 Å². The molecule has 3 rings (SSSR count). The number of aromatic nitrogens is 2. The summed E-state index contributed by atoms with van der Waals surface area (Å²) in [6.45, 7) is 1.52. The van der Waals surface area contributed by atoms with Crippen molar-refractivity contribution >= 4 is 28.0 Å². The van der Waals surface area contributed by atoms with Crippen molar-refractivity contribution in [3.8, 4) is 5.75 Å². The van der Waals surface area contributed by atoms with Crippen molar-refractivity contribution in [3.63, 3.8) is 0 Å². The Bertz CT molecular complexity index is 612. The minimum atomic E-state index is 0.140. The Morgan fingerprint density at radius 1 is 1.20 bits per heavy atom. The van der Waals surface area contributed by atoms with Crippen LogP contribution in [0.15, 0.2) is 40.9 Å². The Balaban J connectivity index is 1.58. The lowest BCUT2D eigenvalue weighted by Crippen LogP contribution is -2.54. The van der Waals surface area contributed by atoms with Crippen LogP contribution in [0.1, 0.15) is 10.5 Å². The second kappa shape index (κ2) is 5.58. The third-order valence-electron chi connectivity index (χ3n) is 3.09. The molecule has 0 atom stereocenters. The van der Waals surface area contributed by atoms with Crippen molar-refractivity contribution in [2.45, 2.75) is 6.10 Å². The molecule has 1 fully saturated rings. The van der Waals surface area contributed by atoms with Crippen molar-refractivity contribution in [1.82, 2.24) is 10.2 Å². The summed E-state index contributed by atoms with van der Waals surface area (Å²) in [7, 11) is 0. The van der Waals surface area contributed by atoms with Crippen molar-refractivity contribution < 1.29 is 9.53 Å². The SMILES string of the molecule is O=Cc1ccc(N2CC(Oc3ccccc3Br)C2)nn1. The Morgan fingerprint density at radius 2 is 2.00 bits per heavy atom. The molecule has 0 N–H and O–H groups in total. The van der Waals surface area contributed by atoms with Crippen LogP contribution in [0.2, 0.25) is 0 Å². The molecule has 6 heteroatoms. The summed E-state index contributed by atoms with van der Waals surface area (Å²) in [5.74, 6) is 1.61. The van der Waals surface area contributed by atoms with Gasteiger partial charge in [-0.1, -0.05) is 12.1 Å². The average Bonchev–Trinajstić information content (AvgIpc) is 2.44. The first-order valence-electron chi connectivity index (χ1n) is 6.21. The number of benzene rings is 1. The van der Waals surface area contributed by atoms with Crippen LogP contribution in [-0.4, -0.2) is 35.7 Å². The maximum Gasteiger partial charge on any atom is 0.170 e. The maximum absolute atomic E-state index is 10.5. The number of aldehydes is 1. The first-order valence-corrected chi connectivity index (χ1v) is 7.00. The molecule has 0 radical (unpaired) electrons. The zero-order chi connectivity index (χ0) is 13.9. The smallest absolute Gasteiger partial charge is 0.170 e. The molecular weight excluding hydrogens is 322 g/mol. The first-order chi connectivity index (χ1) is 9.76. The second-order valence-electron chi connectivity index (χ2n) is 4.51. The van der Waals surface area contributed by atoms with Gasteiger partial charge in [-0.25, -0.2) is 0 Å². The molecule has 102 valence electrons. The predicted octanol–water partition coefficient (Wildman–Crippen LogP) is 2.32. The lowest BCUT2D eigenvalue weighted by atomic mass is 10.1. The van der Waals surface area contributed by atoms with Crippen molar-refractivity contribution in [2.24, 2.45) is 0 Å². The topological polar surface area (TPSA) is 55.3 Å². The van der Waals surface area contributed by atoms with E-state index in [0.29, 0.717) is 12.0 Å². The number of anilines is 1. The van der Waals surface area contributed by atoms with E-state index in [1.807, 2.05) is 24.3 Å². The third-order valence-corrected chi connectivity index (χ3v) is 3.75. The van der Waals surface area contributed by atoms with Crippen LogP contribution in [0, 0.1) is 0 Å². The fourth-order valence-corrected chi connectivity index (χ4v) is 2.36. The van der Waals surface area contributed by atoms with Gasteiger partial charge in [0.1, 0.15) is 17.5 Å². The molecule has 0 bridgehead atoms.